The average molecular weight is 345 g/mol. The van der Waals surface area contributed by atoms with Crippen molar-refractivity contribution in [3.05, 3.63) is 75.8 Å². The smallest absolute Gasteiger partial charge is 0.287 e. The highest BCUT2D eigenvalue weighted by molar-refractivity contribution is 5.92. The van der Waals surface area contributed by atoms with Crippen LogP contribution >= 0.6 is 12.4 Å². The molecular weight excluding hydrogens is 328 g/mol. The molecule has 7 heteroatoms. The Hall–Kier alpha value is -2.70. The third-order valence-corrected chi connectivity index (χ3v) is 3.51. The summed E-state index contributed by atoms with van der Waals surface area (Å²) in [6, 6.07) is 14.5. The molecule has 2 aromatic carbocycles. The molecule has 1 heterocycles. The first-order chi connectivity index (χ1) is 11.2. The van der Waals surface area contributed by atoms with Gasteiger partial charge in [0.05, 0.1) is 10.9 Å². The number of nitrogens with zero attached hydrogens (tertiary/aromatic N) is 1. The van der Waals surface area contributed by atoms with Gasteiger partial charge < -0.3 is 16.0 Å². The van der Waals surface area contributed by atoms with Crippen LogP contribution in [0.1, 0.15) is 21.7 Å². The van der Waals surface area contributed by atoms with E-state index in [-0.39, 0.29) is 23.8 Å². The summed E-state index contributed by atoms with van der Waals surface area (Å²) in [6.45, 7) is 0.782. The molecule has 4 N–H and O–H groups in total. The predicted octanol–water partition coefficient (Wildman–Crippen LogP) is 1.73. The lowest BCUT2D eigenvalue weighted by Crippen LogP contribution is -2.27. The zero-order valence-corrected chi connectivity index (χ0v) is 13.6. The highest BCUT2D eigenvalue weighted by atomic mass is 35.5. The van der Waals surface area contributed by atoms with Gasteiger partial charge in [-0.2, -0.15) is 0 Å². The second kappa shape index (κ2) is 7.72. The number of aromatic amines is 1. The van der Waals surface area contributed by atoms with Gasteiger partial charge in [0, 0.05) is 13.1 Å². The fraction of sp³-hybridized carbons (Fsp3) is 0.118. The van der Waals surface area contributed by atoms with Gasteiger partial charge >= 0.3 is 0 Å². The fourth-order valence-electron chi connectivity index (χ4n) is 2.33. The maximum Gasteiger partial charge on any atom is 0.287 e. The van der Waals surface area contributed by atoms with E-state index in [0.717, 1.165) is 11.1 Å². The molecule has 3 rings (SSSR count). The summed E-state index contributed by atoms with van der Waals surface area (Å²) in [4.78, 5) is 30.9. The van der Waals surface area contributed by atoms with Crippen LogP contribution in [0.4, 0.5) is 0 Å². The van der Waals surface area contributed by atoms with Gasteiger partial charge in [-0.25, -0.2) is 4.98 Å². The van der Waals surface area contributed by atoms with Gasteiger partial charge in [0.25, 0.3) is 11.5 Å². The SMILES string of the molecule is Cl.NCc1cccc(CNC(=O)c2nc3ccccc3c(=O)[nH]2)c1. The minimum Gasteiger partial charge on any atom is -0.345 e. The molecule has 0 spiro atoms. The molecule has 3 aromatic rings. The Morgan fingerprint density at radius 3 is 2.67 bits per heavy atom. The molecule has 0 fully saturated rings. The molecule has 0 atom stereocenters. The number of benzene rings is 2. The monoisotopic (exact) mass is 344 g/mol. The van der Waals surface area contributed by atoms with Gasteiger partial charge in [0.2, 0.25) is 0 Å². The van der Waals surface area contributed by atoms with E-state index in [9.17, 15) is 9.59 Å². The number of fused-ring (bicyclic) bond motifs is 1. The van der Waals surface area contributed by atoms with E-state index in [1.165, 1.54) is 0 Å². The van der Waals surface area contributed by atoms with Gasteiger partial charge in [0.1, 0.15) is 0 Å². The number of nitrogens with two attached hydrogens (primary N) is 1. The van der Waals surface area contributed by atoms with Crippen LogP contribution in [0.2, 0.25) is 0 Å². The van der Waals surface area contributed by atoms with E-state index < -0.39 is 5.91 Å². The molecule has 0 saturated carbocycles. The Bertz CT molecular complexity index is 924. The number of hydrogen-bond donors (Lipinski definition) is 3. The summed E-state index contributed by atoms with van der Waals surface area (Å²) in [6.07, 6.45) is 0. The summed E-state index contributed by atoms with van der Waals surface area (Å²) in [5, 5.41) is 3.20. The molecule has 0 aliphatic carbocycles. The van der Waals surface area contributed by atoms with E-state index in [1.807, 2.05) is 24.3 Å². The first kappa shape index (κ1) is 17.7. The van der Waals surface area contributed by atoms with Gasteiger partial charge in [-0.05, 0) is 23.3 Å². The maximum atomic E-state index is 12.2. The molecule has 1 amide bonds. The Kier molecular flexibility index (Phi) is 5.68. The highest BCUT2D eigenvalue weighted by Crippen LogP contribution is 2.07. The van der Waals surface area contributed by atoms with Gasteiger partial charge in [0.15, 0.2) is 5.82 Å². The standard InChI is InChI=1S/C17H16N4O2.ClH/c18-9-11-4-3-5-12(8-11)10-19-17(23)15-20-14-7-2-1-6-13(14)16(22)21-15;/h1-8H,9-10,18H2,(H,19,23)(H,20,21,22);1H. The second-order valence-corrected chi connectivity index (χ2v) is 5.14. The molecule has 24 heavy (non-hydrogen) atoms. The van der Waals surface area contributed by atoms with E-state index in [0.29, 0.717) is 24.0 Å². The quantitative estimate of drug-likeness (QED) is 0.671. The van der Waals surface area contributed by atoms with Crippen LogP contribution < -0.4 is 16.6 Å². The second-order valence-electron chi connectivity index (χ2n) is 5.14. The number of hydrogen-bond acceptors (Lipinski definition) is 4. The summed E-state index contributed by atoms with van der Waals surface area (Å²) in [7, 11) is 0. The fourth-order valence-corrected chi connectivity index (χ4v) is 2.33. The van der Waals surface area contributed by atoms with Crippen LogP contribution in [0.15, 0.2) is 53.3 Å². The zero-order valence-electron chi connectivity index (χ0n) is 12.8. The predicted molar refractivity (Wildman–Crippen MR) is 95.1 cm³/mol. The van der Waals surface area contributed by atoms with E-state index in [4.69, 9.17) is 5.73 Å². The number of halogens is 1. The Morgan fingerprint density at radius 2 is 1.88 bits per heavy atom. The number of nitrogens with one attached hydrogen (secondary N) is 2. The van der Waals surface area contributed by atoms with Crippen molar-refractivity contribution in [3.8, 4) is 0 Å². The number of aromatic nitrogens is 2. The minimum atomic E-state index is -0.425. The van der Waals surface area contributed by atoms with Crippen LogP contribution in [0, 0.1) is 0 Å². The number of carbonyl (C=O) groups excluding carboxylic acids is 1. The van der Waals surface area contributed by atoms with Gasteiger partial charge in [-0.15, -0.1) is 12.4 Å². The zero-order chi connectivity index (χ0) is 16.2. The Morgan fingerprint density at radius 1 is 1.12 bits per heavy atom. The highest BCUT2D eigenvalue weighted by Gasteiger charge is 2.11. The molecule has 0 radical (unpaired) electrons. The average Bonchev–Trinajstić information content (AvgIpc) is 2.60. The topological polar surface area (TPSA) is 101 Å². The molecule has 0 aliphatic rings. The van der Waals surface area contributed by atoms with E-state index in [1.54, 1.807) is 24.3 Å². The molecule has 0 saturated heterocycles. The van der Waals surface area contributed by atoms with Crippen LogP contribution in [0.5, 0.6) is 0 Å². The summed E-state index contributed by atoms with van der Waals surface area (Å²) < 4.78 is 0. The van der Waals surface area contributed by atoms with E-state index in [2.05, 4.69) is 15.3 Å². The van der Waals surface area contributed by atoms with Crippen molar-refractivity contribution in [2.45, 2.75) is 13.1 Å². The van der Waals surface area contributed by atoms with Crippen molar-refractivity contribution in [2.75, 3.05) is 0 Å². The van der Waals surface area contributed by atoms with Crippen LogP contribution in [0.3, 0.4) is 0 Å². The first-order valence-electron chi connectivity index (χ1n) is 7.22. The Labute approximate surface area is 144 Å². The number of H-pyrrole nitrogens is 1. The lowest BCUT2D eigenvalue weighted by atomic mass is 10.1. The maximum absolute atomic E-state index is 12.2. The summed E-state index contributed by atoms with van der Waals surface area (Å²) >= 11 is 0. The van der Waals surface area contributed by atoms with Crippen molar-refractivity contribution in [3.63, 3.8) is 0 Å². The number of amides is 1. The normalized spacial score (nSPS) is 10.2. The molecule has 0 aliphatic heterocycles. The Balaban J connectivity index is 0.00000208. The first-order valence-corrected chi connectivity index (χ1v) is 7.22. The summed E-state index contributed by atoms with van der Waals surface area (Å²) in [5.41, 5.74) is 7.69. The van der Waals surface area contributed by atoms with Crippen molar-refractivity contribution in [1.82, 2.24) is 15.3 Å². The molecular formula is C17H17ClN4O2. The van der Waals surface area contributed by atoms with Crippen molar-refractivity contribution >= 4 is 29.2 Å². The third-order valence-electron chi connectivity index (χ3n) is 3.51. The molecule has 0 bridgehead atoms. The van der Waals surface area contributed by atoms with Crippen molar-refractivity contribution in [2.24, 2.45) is 5.73 Å². The number of para-hydroxylation sites is 1. The summed E-state index contributed by atoms with van der Waals surface area (Å²) in [5.74, 6) is -0.422. The minimum absolute atomic E-state index is 0. The van der Waals surface area contributed by atoms with Gasteiger partial charge in [-0.1, -0.05) is 36.4 Å². The van der Waals surface area contributed by atoms with Crippen LogP contribution in [0.25, 0.3) is 10.9 Å². The van der Waals surface area contributed by atoms with Gasteiger partial charge in [-0.3, -0.25) is 9.59 Å². The van der Waals surface area contributed by atoms with Crippen molar-refractivity contribution in [1.29, 1.82) is 0 Å². The third kappa shape index (κ3) is 3.79. The molecule has 124 valence electrons. The number of rotatable bonds is 4. The number of carbonyl (C=O) groups is 1. The van der Waals surface area contributed by atoms with Crippen molar-refractivity contribution < 1.29 is 4.79 Å². The van der Waals surface area contributed by atoms with Crippen LogP contribution in [-0.2, 0) is 13.1 Å². The van der Waals surface area contributed by atoms with Crippen LogP contribution in [-0.4, -0.2) is 15.9 Å². The largest absolute Gasteiger partial charge is 0.345 e. The molecule has 6 nitrogen and oxygen atoms in total. The molecule has 0 unspecified atom stereocenters. The van der Waals surface area contributed by atoms with E-state index >= 15 is 0 Å². The molecule has 1 aromatic heterocycles. The lowest BCUT2D eigenvalue weighted by molar-refractivity contribution is 0.0940. The lowest BCUT2D eigenvalue weighted by Gasteiger charge is -2.07.